The summed E-state index contributed by atoms with van der Waals surface area (Å²) in [4.78, 5) is 22.3. The lowest BCUT2D eigenvalue weighted by molar-refractivity contribution is -0.121. The highest BCUT2D eigenvalue weighted by molar-refractivity contribution is 5.78. The molecule has 0 radical (unpaired) electrons. The fourth-order valence-electron chi connectivity index (χ4n) is 0.977. The quantitative estimate of drug-likeness (QED) is 0.519. The van der Waals surface area contributed by atoms with Crippen LogP contribution in [0.1, 0.15) is 12.8 Å². The van der Waals surface area contributed by atoms with Gasteiger partial charge in [-0.1, -0.05) is 0 Å². The van der Waals surface area contributed by atoms with E-state index in [1.165, 1.54) is 4.90 Å². The molecule has 0 saturated carbocycles. The van der Waals surface area contributed by atoms with Gasteiger partial charge in [0.2, 0.25) is 12.3 Å². The lowest BCUT2D eigenvalue weighted by atomic mass is 10.3. The minimum Gasteiger partial charge on any atom is -0.336 e. The Kier molecular flexibility index (Phi) is 1.89. The molecule has 0 aromatic carbocycles. The van der Waals surface area contributed by atoms with Gasteiger partial charge in [-0.3, -0.25) is 9.59 Å². The molecule has 1 rings (SSSR count). The van der Waals surface area contributed by atoms with Crippen LogP contribution in [0.5, 0.6) is 0 Å². The topological polar surface area (TPSA) is 49.4 Å². The average molecular weight is 142 g/mol. The Hall–Kier alpha value is -1.06. The highest BCUT2D eigenvalue weighted by Gasteiger charge is 2.22. The maximum absolute atomic E-state index is 10.6. The largest absolute Gasteiger partial charge is 0.336 e. The van der Waals surface area contributed by atoms with E-state index in [0.717, 1.165) is 12.8 Å². The van der Waals surface area contributed by atoms with Crippen molar-refractivity contribution in [2.24, 2.45) is 0 Å². The maximum Gasteiger partial charge on any atom is 0.221 e. The van der Waals surface area contributed by atoms with E-state index < -0.39 is 0 Å². The molecule has 0 aliphatic carbocycles. The molecule has 0 spiro atoms. The standard InChI is InChI=1S/C6H10N2O2/c1-8(4-9)5-2-3-6(10)7-5/h4-5H,2-3H2,1H3,(H,7,10). The smallest absolute Gasteiger partial charge is 0.221 e. The van der Waals surface area contributed by atoms with Gasteiger partial charge in [0.1, 0.15) is 6.17 Å². The minimum atomic E-state index is -0.0787. The monoisotopic (exact) mass is 142 g/mol. The van der Waals surface area contributed by atoms with Crippen molar-refractivity contribution in [3.8, 4) is 0 Å². The van der Waals surface area contributed by atoms with Gasteiger partial charge in [0.25, 0.3) is 0 Å². The van der Waals surface area contributed by atoms with Gasteiger partial charge in [0.05, 0.1) is 0 Å². The third-order valence-electron chi connectivity index (χ3n) is 1.63. The van der Waals surface area contributed by atoms with Gasteiger partial charge in [-0.05, 0) is 6.42 Å². The van der Waals surface area contributed by atoms with Crippen LogP contribution >= 0.6 is 0 Å². The number of carbonyl (C=O) groups is 2. The molecule has 1 aliphatic heterocycles. The number of hydrogen-bond acceptors (Lipinski definition) is 2. The summed E-state index contributed by atoms with van der Waals surface area (Å²) in [6.45, 7) is 0. The zero-order valence-electron chi connectivity index (χ0n) is 5.83. The molecular weight excluding hydrogens is 132 g/mol. The molecule has 1 aliphatic rings. The molecule has 1 fully saturated rings. The van der Waals surface area contributed by atoms with Crippen LogP contribution in [0, 0.1) is 0 Å². The van der Waals surface area contributed by atoms with Crippen LogP contribution in [-0.2, 0) is 9.59 Å². The van der Waals surface area contributed by atoms with Crippen LogP contribution in [0.15, 0.2) is 0 Å². The van der Waals surface area contributed by atoms with Crippen LogP contribution in [0.2, 0.25) is 0 Å². The lowest BCUT2D eigenvalue weighted by Crippen LogP contribution is -2.39. The van der Waals surface area contributed by atoms with Gasteiger partial charge in [-0.15, -0.1) is 0 Å². The van der Waals surface area contributed by atoms with Gasteiger partial charge in [0, 0.05) is 13.5 Å². The normalized spacial score (nSPS) is 24.1. The van der Waals surface area contributed by atoms with Gasteiger partial charge < -0.3 is 10.2 Å². The third kappa shape index (κ3) is 1.26. The van der Waals surface area contributed by atoms with Crippen LogP contribution in [0.25, 0.3) is 0 Å². The van der Waals surface area contributed by atoms with Crippen LogP contribution in [0.3, 0.4) is 0 Å². The van der Waals surface area contributed by atoms with Crippen molar-refractivity contribution < 1.29 is 9.59 Å². The van der Waals surface area contributed by atoms with E-state index in [9.17, 15) is 9.59 Å². The van der Waals surface area contributed by atoms with Crippen LogP contribution in [0.4, 0.5) is 0 Å². The van der Waals surface area contributed by atoms with Crippen molar-refractivity contribution in [1.29, 1.82) is 0 Å². The molecule has 1 unspecified atom stereocenters. The van der Waals surface area contributed by atoms with Crippen molar-refractivity contribution in [1.82, 2.24) is 10.2 Å². The molecule has 0 aromatic heterocycles. The molecule has 56 valence electrons. The number of hydrogen-bond donors (Lipinski definition) is 1. The number of amides is 2. The summed E-state index contributed by atoms with van der Waals surface area (Å²) in [7, 11) is 1.66. The zero-order chi connectivity index (χ0) is 7.56. The first kappa shape index (κ1) is 7.05. The third-order valence-corrected chi connectivity index (χ3v) is 1.63. The second kappa shape index (κ2) is 2.68. The van der Waals surface area contributed by atoms with Crippen LogP contribution < -0.4 is 5.32 Å². The molecule has 1 heterocycles. The second-order valence-electron chi connectivity index (χ2n) is 2.39. The fourth-order valence-corrected chi connectivity index (χ4v) is 0.977. The predicted molar refractivity (Wildman–Crippen MR) is 35.0 cm³/mol. The fraction of sp³-hybridized carbons (Fsp3) is 0.667. The van der Waals surface area contributed by atoms with E-state index in [1.807, 2.05) is 0 Å². The summed E-state index contributed by atoms with van der Waals surface area (Å²) in [5.74, 6) is 0.0266. The Morgan fingerprint density at radius 1 is 1.80 bits per heavy atom. The van der Waals surface area contributed by atoms with Crippen molar-refractivity contribution >= 4 is 12.3 Å². The molecular formula is C6H10N2O2. The van der Waals surface area contributed by atoms with Crippen molar-refractivity contribution in [2.45, 2.75) is 19.0 Å². The number of nitrogens with one attached hydrogen (secondary N) is 1. The van der Waals surface area contributed by atoms with E-state index >= 15 is 0 Å². The second-order valence-corrected chi connectivity index (χ2v) is 2.39. The Morgan fingerprint density at radius 3 is 2.90 bits per heavy atom. The molecule has 2 amide bonds. The van der Waals surface area contributed by atoms with E-state index in [4.69, 9.17) is 0 Å². The number of rotatable bonds is 2. The Balaban J connectivity index is 2.43. The van der Waals surface area contributed by atoms with Crippen molar-refractivity contribution in [2.75, 3.05) is 7.05 Å². The Bertz CT molecular complexity index is 158. The SMILES string of the molecule is CN(C=O)C1CCC(=O)N1. The van der Waals surface area contributed by atoms with E-state index in [2.05, 4.69) is 5.32 Å². The minimum absolute atomic E-state index is 0.0266. The molecule has 10 heavy (non-hydrogen) atoms. The van der Waals surface area contributed by atoms with E-state index in [0.29, 0.717) is 6.42 Å². The summed E-state index contributed by atoms with van der Waals surface area (Å²) < 4.78 is 0. The average Bonchev–Trinajstić information content (AvgIpc) is 2.34. The van der Waals surface area contributed by atoms with Crippen molar-refractivity contribution in [3.05, 3.63) is 0 Å². The molecule has 4 heteroatoms. The molecule has 4 nitrogen and oxygen atoms in total. The van der Waals surface area contributed by atoms with Gasteiger partial charge in [-0.25, -0.2) is 0 Å². The number of carbonyl (C=O) groups excluding carboxylic acids is 2. The summed E-state index contributed by atoms with van der Waals surface area (Å²) in [6.07, 6.45) is 1.90. The predicted octanol–water partition coefficient (Wildman–Crippen LogP) is -0.689. The lowest BCUT2D eigenvalue weighted by Gasteiger charge is -2.18. The molecule has 0 aromatic rings. The highest BCUT2D eigenvalue weighted by Crippen LogP contribution is 2.07. The van der Waals surface area contributed by atoms with E-state index in [-0.39, 0.29) is 12.1 Å². The first-order valence-electron chi connectivity index (χ1n) is 3.20. The Morgan fingerprint density at radius 2 is 2.50 bits per heavy atom. The first-order valence-corrected chi connectivity index (χ1v) is 3.20. The van der Waals surface area contributed by atoms with Crippen LogP contribution in [-0.4, -0.2) is 30.4 Å². The molecule has 0 bridgehead atoms. The molecule has 1 atom stereocenters. The molecule has 1 saturated heterocycles. The summed E-state index contributed by atoms with van der Waals surface area (Å²) >= 11 is 0. The van der Waals surface area contributed by atoms with Gasteiger partial charge >= 0.3 is 0 Å². The summed E-state index contributed by atoms with van der Waals surface area (Å²) in [6, 6.07) is 0. The zero-order valence-corrected chi connectivity index (χ0v) is 5.83. The van der Waals surface area contributed by atoms with E-state index in [1.54, 1.807) is 7.05 Å². The Labute approximate surface area is 59.2 Å². The highest BCUT2D eigenvalue weighted by atomic mass is 16.2. The molecule has 1 N–H and O–H groups in total. The summed E-state index contributed by atoms with van der Waals surface area (Å²) in [5.41, 5.74) is 0. The summed E-state index contributed by atoms with van der Waals surface area (Å²) in [5, 5.41) is 2.66. The maximum atomic E-state index is 10.6. The van der Waals surface area contributed by atoms with Gasteiger partial charge in [0.15, 0.2) is 0 Å². The number of nitrogens with zero attached hydrogens (tertiary/aromatic N) is 1. The van der Waals surface area contributed by atoms with Gasteiger partial charge in [-0.2, -0.15) is 0 Å². The first-order chi connectivity index (χ1) is 4.74. The van der Waals surface area contributed by atoms with Crippen molar-refractivity contribution in [3.63, 3.8) is 0 Å².